The molecule has 0 unspecified atom stereocenters. The highest BCUT2D eigenvalue weighted by Crippen LogP contribution is 2.16. The van der Waals surface area contributed by atoms with Crippen molar-refractivity contribution in [1.29, 1.82) is 0 Å². The number of benzene rings is 2. The third-order valence-corrected chi connectivity index (χ3v) is 4.80. The number of esters is 1. The number of carbonyl (C=O) groups is 2. The maximum absolute atomic E-state index is 12.2. The van der Waals surface area contributed by atoms with Crippen LogP contribution in [0.25, 0.3) is 0 Å². The molecule has 0 radical (unpaired) electrons. The number of hydrogen-bond donors (Lipinski definition) is 2. The van der Waals surface area contributed by atoms with E-state index in [0.717, 1.165) is 24.3 Å². The van der Waals surface area contributed by atoms with Crippen LogP contribution in [0, 0.1) is 0 Å². The van der Waals surface area contributed by atoms with Gasteiger partial charge in [0.15, 0.2) is 0 Å². The second kappa shape index (κ2) is 12.0. The summed E-state index contributed by atoms with van der Waals surface area (Å²) in [5, 5.41) is 5.54. The number of thioether (sulfide) groups is 1. The molecule has 0 spiro atoms. The van der Waals surface area contributed by atoms with Gasteiger partial charge >= 0.3 is 12.0 Å². The molecule has 0 saturated carbocycles. The quantitative estimate of drug-likeness (QED) is 0.459. The fraction of sp³-hybridized carbons (Fsp3) is 0.333. The van der Waals surface area contributed by atoms with E-state index in [-0.39, 0.29) is 6.03 Å². The average Bonchev–Trinajstić information content (AvgIpc) is 2.69. The topological polar surface area (TPSA) is 67.4 Å². The number of amides is 2. The van der Waals surface area contributed by atoms with Gasteiger partial charge in [0, 0.05) is 18.1 Å². The molecule has 27 heavy (non-hydrogen) atoms. The summed E-state index contributed by atoms with van der Waals surface area (Å²) in [5.74, 6) is 1.30. The minimum Gasteiger partial charge on any atom is -0.462 e. The molecule has 144 valence electrons. The van der Waals surface area contributed by atoms with Crippen LogP contribution in [-0.2, 0) is 10.5 Å². The van der Waals surface area contributed by atoms with Crippen LogP contribution in [0.2, 0.25) is 0 Å². The molecular formula is C21H26N2O3S. The van der Waals surface area contributed by atoms with Crippen LogP contribution in [0.3, 0.4) is 0 Å². The summed E-state index contributed by atoms with van der Waals surface area (Å²) >= 11 is 1.76. The summed E-state index contributed by atoms with van der Waals surface area (Å²) < 4.78 is 5.23. The first-order valence-corrected chi connectivity index (χ1v) is 10.3. The fourth-order valence-corrected chi connectivity index (χ4v) is 3.14. The molecule has 2 rings (SSSR count). The number of anilines is 1. The van der Waals surface area contributed by atoms with Crippen molar-refractivity contribution in [2.24, 2.45) is 0 Å². The number of urea groups is 1. The van der Waals surface area contributed by atoms with Crippen molar-refractivity contribution < 1.29 is 14.3 Å². The Bertz CT molecular complexity index is 722. The second-order valence-corrected chi connectivity index (χ2v) is 7.06. The van der Waals surface area contributed by atoms with Crippen LogP contribution in [0.15, 0.2) is 54.6 Å². The molecule has 0 heterocycles. The van der Waals surface area contributed by atoms with Crippen LogP contribution in [-0.4, -0.2) is 30.9 Å². The molecular weight excluding hydrogens is 360 g/mol. The van der Waals surface area contributed by atoms with Gasteiger partial charge < -0.3 is 15.4 Å². The zero-order valence-corrected chi connectivity index (χ0v) is 16.4. The maximum Gasteiger partial charge on any atom is 0.340 e. The molecule has 0 fully saturated rings. The lowest BCUT2D eigenvalue weighted by molar-refractivity contribution is 0.0501. The normalized spacial score (nSPS) is 10.3. The summed E-state index contributed by atoms with van der Waals surface area (Å²) in [4.78, 5) is 24.3. The maximum atomic E-state index is 12.2. The molecule has 0 aromatic heterocycles. The lowest BCUT2D eigenvalue weighted by atomic mass is 10.2. The van der Waals surface area contributed by atoms with Crippen molar-refractivity contribution in [3.05, 3.63) is 65.7 Å². The highest BCUT2D eigenvalue weighted by atomic mass is 32.2. The van der Waals surface area contributed by atoms with Crippen molar-refractivity contribution in [2.75, 3.05) is 24.2 Å². The number of para-hydroxylation sites is 1. The Hall–Kier alpha value is -2.47. The van der Waals surface area contributed by atoms with Gasteiger partial charge in [-0.15, -0.1) is 0 Å². The zero-order chi connectivity index (χ0) is 19.3. The van der Waals surface area contributed by atoms with E-state index in [1.54, 1.807) is 36.0 Å². The molecule has 0 aliphatic heterocycles. The van der Waals surface area contributed by atoms with E-state index >= 15 is 0 Å². The summed E-state index contributed by atoms with van der Waals surface area (Å²) in [5.41, 5.74) is 2.08. The molecule has 0 atom stereocenters. The van der Waals surface area contributed by atoms with Gasteiger partial charge in [-0.05, 0) is 24.1 Å². The molecule has 2 aromatic rings. The molecule has 6 heteroatoms. The Morgan fingerprint density at radius 3 is 2.56 bits per heavy atom. The summed E-state index contributed by atoms with van der Waals surface area (Å²) in [7, 11) is 0. The number of rotatable bonds is 10. The van der Waals surface area contributed by atoms with Crippen molar-refractivity contribution >= 4 is 29.4 Å². The van der Waals surface area contributed by atoms with Crippen molar-refractivity contribution in [3.63, 3.8) is 0 Å². The number of ether oxygens (including phenoxy) is 1. The lowest BCUT2D eigenvalue weighted by Gasteiger charge is -2.11. The largest absolute Gasteiger partial charge is 0.462 e. The molecule has 2 N–H and O–H groups in total. The van der Waals surface area contributed by atoms with Gasteiger partial charge in [-0.1, -0.05) is 55.8 Å². The van der Waals surface area contributed by atoms with E-state index in [4.69, 9.17) is 4.74 Å². The fourth-order valence-electron chi connectivity index (χ4n) is 2.32. The molecule has 5 nitrogen and oxygen atoms in total. The lowest BCUT2D eigenvalue weighted by Crippen LogP contribution is -2.31. The second-order valence-electron chi connectivity index (χ2n) is 5.95. The summed E-state index contributed by atoms with van der Waals surface area (Å²) in [6.07, 6.45) is 1.78. The standard InChI is InChI=1S/C21H26N2O3S/c1-2-3-14-26-20(24)18-11-7-8-12-19(18)23-21(25)22-13-15-27-16-17-9-5-4-6-10-17/h4-12H,2-3,13-16H2,1H3,(H2,22,23,25). The van der Waals surface area contributed by atoms with Gasteiger partial charge in [0.05, 0.1) is 17.9 Å². The predicted molar refractivity (Wildman–Crippen MR) is 111 cm³/mol. The Morgan fingerprint density at radius 1 is 1.04 bits per heavy atom. The van der Waals surface area contributed by atoms with Crippen LogP contribution in [0.4, 0.5) is 10.5 Å². The first kappa shape index (κ1) is 20.8. The average molecular weight is 387 g/mol. The summed E-state index contributed by atoms with van der Waals surface area (Å²) in [6, 6.07) is 16.8. The highest BCUT2D eigenvalue weighted by Gasteiger charge is 2.14. The van der Waals surface area contributed by atoms with Crippen LogP contribution < -0.4 is 10.6 Å². The van der Waals surface area contributed by atoms with Crippen LogP contribution in [0.1, 0.15) is 35.7 Å². The Kier molecular flexibility index (Phi) is 9.27. The third kappa shape index (κ3) is 7.74. The van der Waals surface area contributed by atoms with Gasteiger partial charge in [-0.3, -0.25) is 0 Å². The first-order valence-electron chi connectivity index (χ1n) is 9.13. The number of carbonyl (C=O) groups excluding carboxylic acids is 2. The monoisotopic (exact) mass is 386 g/mol. The number of hydrogen-bond acceptors (Lipinski definition) is 4. The SMILES string of the molecule is CCCCOC(=O)c1ccccc1NC(=O)NCCSCc1ccccc1. The third-order valence-electron chi connectivity index (χ3n) is 3.77. The molecule has 2 amide bonds. The van der Waals surface area contributed by atoms with Gasteiger partial charge in [0.1, 0.15) is 0 Å². The zero-order valence-electron chi connectivity index (χ0n) is 15.6. The Balaban J connectivity index is 1.74. The molecule has 0 saturated heterocycles. The van der Waals surface area contributed by atoms with E-state index in [9.17, 15) is 9.59 Å². The van der Waals surface area contributed by atoms with Gasteiger partial charge in [0.25, 0.3) is 0 Å². The van der Waals surface area contributed by atoms with Crippen molar-refractivity contribution in [2.45, 2.75) is 25.5 Å². The molecule has 0 aliphatic rings. The smallest absolute Gasteiger partial charge is 0.340 e. The van der Waals surface area contributed by atoms with Crippen LogP contribution in [0.5, 0.6) is 0 Å². The van der Waals surface area contributed by atoms with E-state index in [1.807, 2.05) is 25.1 Å². The van der Waals surface area contributed by atoms with Crippen molar-refractivity contribution in [3.8, 4) is 0 Å². The van der Waals surface area contributed by atoms with E-state index < -0.39 is 5.97 Å². The van der Waals surface area contributed by atoms with Crippen LogP contribution >= 0.6 is 11.8 Å². The summed E-state index contributed by atoms with van der Waals surface area (Å²) in [6.45, 7) is 2.97. The first-order chi connectivity index (χ1) is 13.2. The molecule has 0 aliphatic carbocycles. The van der Waals surface area contributed by atoms with Gasteiger partial charge in [-0.2, -0.15) is 11.8 Å². The van der Waals surface area contributed by atoms with E-state index in [1.165, 1.54) is 5.56 Å². The van der Waals surface area contributed by atoms with E-state index in [2.05, 4.69) is 22.8 Å². The molecule has 2 aromatic carbocycles. The minimum absolute atomic E-state index is 0.330. The van der Waals surface area contributed by atoms with Gasteiger partial charge in [-0.25, -0.2) is 9.59 Å². The van der Waals surface area contributed by atoms with E-state index in [0.29, 0.717) is 24.4 Å². The van der Waals surface area contributed by atoms with Crippen molar-refractivity contribution in [1.82, 2.24) is 5.32 Å². The Labute approximate surface area is 164 Å². The molecule has 0 bridgehead atoms. The minimum atomic E-state index is -0.419. The predicted octanol–water partition coefficient (Wildman–Crippen LogP) is 4.70. The highest BCUT2D eigenvalue weighted by molar-refractivity contribution is 7.98. The van der Waals surface area contributed by atoms with Gasteiger partial charge in [0.2, 0.25) is 0 Å². The Morgan fingerprint density at radius 2 is 1.78 bits per heavy atom. The number of nitrogens with one attached hydrogen (secondary N) is 2. The number of unbranched alkanes of at least 4 members (excludes halogenated alkanes) is 1.